The van der Waals surface area contributed by atoms with Crippen molar-refractivity contribution in [3.8, 4) is 0 Å². The Balaban J connectivity index is 1.58. The van der Waals surface area contributed by atoms with Crippen LogP contribution in [0.15, 0.2) is 59.8 Å². The van der Waals surface area contributed by atoms with Gasteiger partial charge < -0.3 is 0 Å². The van der Waals surface area contributed by atoms with Gasteiger partial charge in [0.15, 0.2) is 0 Å². The van der Waals surface area contributed by atoms with E-state index in [2.05, 4.69) is 45.8 Å². The zero-order chi connectivity index (χ0) is 17.0. The Morgan fingerprint density at radius 1 is 1.12 bits per heavy atom. The molecule has 0 saturated carbocycles. The van der Waals surface area contributed by atoms with Gasteiger partial charge in [-0.05, 0) is 37.5 Å². The molecule has 0 radical (unpaired) electrons. The lowest BCUT2D eigenvalue weighted by atomic mass is 10.0. The number of piperidine rings is 1. The first-order valence-corrected chi connectivity index (χ1v) is 9.76. The molecule has 1 atom stereocenters. The van der Waals surface area contributed by atoms with Crippen LogP contribution in [0.25, 0.3) is 0 Å². The van der Waals surface area contributed by atoms with Crippen LogP contribution >= 0.6 is 0 Å². The van der Waals surface area contributed by atoms with Gasteiger partial charge in [0.25, 0.3) is 0 Å². The highest BCUT2D eigenvalue weighted by atomic mass is 32.2. The van der Waals surface area contributed by atoms with Crippen molar-refractivity contribution < 1.29 is 8.42 Å². The zero-order valence-corrected chi connectivity index (χ0v) is 14.6. The van der Waals surface area contributed by atoms with E-state index in [-0.39, 0.29) is 10.9 Å². The average molecular weight is 345 g/mol. The molecule has 0 spiro atoms. The molecule has 1 N–H and O–H groups in total. The number of sulfonamides is 1. The summed E-state index contributed by atoms with van der Waals surface area (Å²) in [6.45, 7) is 3.97. The van der Waals surface area contributed by atoms with E-state index in [9.17, 15) is 8.42 Å². The van der Waals surface area contributed by atoms with E-state index in [1.165, 1.54) is 11.8 Å². The van der Waals surface area contributed by atoms with Crippen molar-refractivity contribution in [2.24, 2.45) is 0 Å². The lowest BCUT2D eigenvalue weighted by Gasteiger charge is -2.36. The second kappa shape index (κ2) is 7.42. The van der Waals surface area contributed by atoms with Gasteiger partial charge in [-0.1, -0.05) is 30.3 Å². The second-order valence-corrected chi connectivity index (χ2v) is 7.92. The lowest BCUT2D eigenvalue weighted by molar-refractivity contribution is 0.159. The van der Waals surface area contributed by atoms with Crippen molar-refractivity contribution >= 4 is 10.0 Å². The van der Waals surface area contributed by atoms with Crippen molar-refractivity contribution in [1.29, 1.82) is 0 Å². The number of hydrogen-bond acceptors (Lipinski definition) is 4. The number of benzene rings is 1. The third-order valence-corrected chi connectivity index (χ3v) is 6.13. The molecule has 2 heterocycles. The van der Waals surface area contributed by atoms with Gasteiger partial charge in [0.2, 0.25) is 10.0 Å². The van der Waals surface area contributed by atoms with Gasteiger partial charge in [-0.2, -0.15) is 0 Å². The Morgan fingerprint density at radius 2 is 1.83 bits per heavy atom. The predicted molar refractivity (Wildman–Crippen MR) is 94.0 cm³/mol. The largest absolute Gasteiger partial charge is 0.296 e. The first-order valence-electron chi connectivity index (χ1n) is 8.27. The highest BCUT2D eigenvalue weighted by Crippen LogP contribution is 2.24. The maximum Gasteiger partial charge on any atom is 0.242 e. The van der Waals surface area contributed by atoms with Gasteiger partial charge in [0.05, 0.1) is 0 Å². The normalized spacial score (nSPS) is 18.4. The Labute approximate surface area is 143 Å². The molecule has 5 nitrogen and oxygen atoms in total. The minimum atomic E-state index is -3.48. The van der Waals surface area contributed by atoms with Gasteiger partial charge in [0, 0.05) is 37.6 Å². The highest BCUT2D eigenvalue weighted by Gasteiger charge is 2.27. The van der Waals surface area contributed by atoms with Crippen molar-refractivity contribution in [2.45, 2.75) is 36.7 Å². The summed E-state index contributed by atoms with van der Waals surface area (Å²) in [6.07, 6.45) is 4.59. The molecule has 1 fully saturated rings. The van der Waals surface area contributed by atoms with Crippen LogP contribution in [-0.4, -0.2) is 37.4 Å². The molecule has 1 unspecified atom stereocenters. The minimum absolute atomic E-state index is 0.0190. The molecule has 1 aromatic carbocycles. The molecule has 1 saturated heterocycles. The van der Waals surface area contributed by atoms with Crippen LogP contribution in [0.3, 0.4) is 0 Å². The summed E-state index contributed by atoms with van der Waals surface area (Å²) >= 11 is 0. The first kappa shape index (κ1) is 17.1. The van der Waals surface area contributed by atoms with Gasteiger partial charge in [0.1, 0.15) is 4.90 Å². The minimum Gasteiger partial charge on any atom is -0.296 e. The SMILES string of the molecule is CC(c1ccccc1)N1CCC(NS(=O)(=O)c2cccnc2)CC1. The summed E-state index contributed by atoms with van der Waals surface area (Å²) in [4.78, 5) is 6.52. The highest BCUT2D eigenvalue weighted by molar-refractivity contribution is 7.89. The molecule has 128 valence electrons. The summed E-state index contributed by atoms with van der Waals surface area (Å²) in [6, 6.07) is 14.0. The van der Waals surface area contributed by atoms with Crippen LogP contribution < -0.4 is 4.72 Å². The zero-order valence-electron chi connectivity index (χ0n) is 13.8. The summed E-state index contributed by atoms with van der Waals surface area (Å²) in [5.41, 5.74) is 1.30. The fourth-order valence-corrected chi connectivity index (χ4v) is 4.41. The Morgan fingerprint density at radius 3 is 2.46 bits per heavy atom. The average Bonchev–Trinajstić information content (AvgIpc) is 2.63. The standard InChI is InChI=1S/C18H23N3O2S/c1-15(16-6-3-2-4-7-16)21-12-9-17(10-13-21)20-24(22,23)18-8-5-11-19-14-18/h2-8,11,14-15,17,20H,9-10,12-13H2,1H3. The van der Waals surface area contributed by atoms with Gasteiger partial charge in [-0.3, -0.25) is 9.88 Å². The molecule has 3 rings (SSSR count). The summed E-state index contributed by atoms with van der Waals surface area (Å²) < 4.78 is 27.6. The van der Waals surface area contributed by atoms with E-state index in [1.54, 1.807) is 18.3 Å². The molecule has 24 heavy (non-hydrogen) atoms. The first-order chi connectivity index (χ1) is 11.6. The van der Waals surface area contributed by atoms with E-state index < -0.39 is 10.0 Å². The van der Waals surface area contributed by atoms with Crippen LogP contribution in [-0.2, 0) is 10.0 Å². The van der Waals surface area contributed by atoms with Crippen molar-refractivity contribution in [3.63, 3.8) is 0 Å². The summed E-state index contributed by atoms with van der Waals surface area (Å²) in [5.74, 6) is 0. The van der Waals surface area contributed by atoms with Crippen LogP contribution in [0.1, 0.15) is 31.4 Å². The van der Waals surface area contributed by atoms with E-state index in [0.29, 0.717) is 6.04 Å². The smallest absolute Gasteiger partial charge is 0.242 e. The van der Waals surface area contributed by atoms with Gasteiger partial charge in [-0.25, -0.2) is 13.1 Å². The topological polar surface area (TPSA) is 62.3 Å². The number of rotatable bonds is 5. The van der Waals surface area contributed by atoms with Crippen molar-refractivity contribution in [3.05, 3.63) is 60.4 Å². The monoisotopic (exact) mass is 345 g/mol. The Bertz CT molecular complexity index is 742. The van der Waals surface area contributed by atoms with E-state index >= 15 is 0 Å². The number of hydrogen-bond donors (Lipinski definition) is 1. The lowest BCUT2D eigenvalue weighted by Crippen LogP contribution is -2.45. The second-order valence-electron chi connectivity index (χ2n) is 6.21. The van der Waals surface area contributed by atoms with Crippen LogP contribution in [0.4, 0.5) is 0 Å². The summed E-state index contributed by atoms with van der Waals surface area (Å²) in [7, 11) is -3.48. The molecule has 2 aromatic rings. The van der Waals surface area contributed by atoms with Crippen molar-refractivity contribution in [2.75, 3.05) is 13.1 Å². The molecule has 0 amide bonds. The van der Waals surface area contributed by atoms with Crippen molar-refractivity contribution in [1.82, 2.24) is 14.6 Å². The molecule has 1 aliphatic heterocycles. The third kappa shape index (κ3) is 4.01. The third-order valence-electron chi connectivity index (χ3n) is 4.63. The van der Waals surface area contributed by atoms with E-state index in [4.69, 9.17) is 0 Å². The number of nitrogens with zero attached hydrogens (tertiary/aromatic N) is 2. The molecule has 0 bridgehead atoms. The molecule has 1 aliphatic rings. The number of nitrogens with one attached hydrogen (secondary N) is 1. The van der Waals surface area contributed by atoms with Crippen LogP contribution in [0, 0.1) is 0 Å². The number of pyridine rings is 1. The number of aromatic nitrogens is 1. The summed E-state index contributed by atoms with van der Waals surface area (Å²) in [5, 5.41) is 0. The van der Waals surface area contributed by atoms with E-state index in [1.807, 2.05) is 6.07 Å². The molecular formula is C18H23N3O2S. The molecular weight excluding hydrogens is 322 g/mol. The maximum atomic E-state index is 12.4. The fourth-order valence-electron chi connectivity index (χ4n) is 3.14. The molecule has 1 aromatic heterocycles. The van der Waals surface area contributed by atoms with E-state index in [0.717, 1.165) is 25.9 Å². The molecule has 0 aliphatic carbocycles. The van der Waals surface area contributed by atoms with Gasteiger partial charge in [-0.15, -0.1) is 0 Å². The van der Waals surface area contributed by atoms with Crippen LogP contribution in [0.2, 0.25) is 0 Å². The fraction of sp³-hybridized carbons (Fsp3) is 0.389. The number of likely N-dealkylation sites (tertiary alicyclic amines) is 1. The molecule has 6 heteroatoms. The quantitative estimate of drug-likeness (QED) is 0.905. The predicted octanol–water partition coefficient (Wildman–Crippen LogP) is 2.59. The maximum absolute atomic E-state index is 12.4. The van der Waals surface area contributed by atoms with Crippen LogP contribution in [0.5, 0.6) is 0 Å². The van der Waals surface area contributed by atoms with Gasteiger partial charge >= 0.3 is 0 Å². The Hall–Kier alpha value is -1.76. The Kier molecular flexibility index (Phi) is 5.28.